The van der Waals surface area contributed by atoms with Gasteiger partial charge in [0.15, 0.2) is 0 Å². The normalized spacial score (nSPS) is 10.1. The van der Waals surface area contributed by atoms with E-state index in [9.17, 15) is 14.0 Å². The van der Waals surface area contributed by atoms with Crippen molar-refractivity contribution in [2.75, 3.05) is 5.32 Å². The quantitative estimate of drug-likeness (QED) is 0.843. The van der Waals surface area contributed by atoms with E-state index in [0.717, 1.165) is 6.07 Å². The molecule has 0 radical (unpaired) electrons. The first kappa shape index (κ1) is 13.7. The molecule has 2 N–H and O–H groups in total. The number of carbonyl (C=O) groups excluding carboxylic acids is 1. The van der Waals surface area contributed by atoms with E-state index in [0.29, 0.717) is 11.3 Å². The minimum Gasteiger partial charge on any atom is -0.478 e. The summed E-state index contributed by atoms with van der Waals surface area (Å²) >= 11 is 0. The van der Waals surface area contributed by atoms with Crippen LogP contribution in [0.5, 0.6) is 0 Å². The van der Waals surface area contributed by atoms with Gasteiger partial charge in [0.2, 0.25) is 5.95 Å². The Hall–Kier alpha value is -2.76. The van der Waals surface area contributed by atoms with Gasteiger partial charge in [-0.3, -0.25) is 4.79 Å². The molecule has 0 aliphatic carbocycles. The molecule has 0 aliphatic heterocycles. The molecule has 0 saturated heterocycles. The highest BCUT2D eigenvalue weighted by atomic mass is 19.1. The topological polar surface area (TPSA) is 79.3 Å². The van der Waals surface area contributed by atoms with Crippen molar-refractivity contribution in [3.8, 4) is 0 Å². The molecular weight excluding hydrogens is 263 g/mol. The highest BCUT2D eigenvalue weighted by Crippen LogP contribution is 2.17. The molecule has 0 fully saturated rings. The first-order chi connectivity index (χ1) is 9.47. The average molecular weight is 274 g/mol. The van der Waals surface area contributed by atoms with Gasteiger partial charge in [0, 0.05) is 5.69 Å². The Bertz CT molecular complexity index is 686. The molecule has 0 atom stereocenters. The predicted octanol–water partition coefficient (Wildman–Crippen LogP) is 2.48. The van der Waals surface area contributed by atoms with Gasteiger partial charge in [0.1, 0.15) is 5.69 Å². The number of hydrogen-bond donors (Lipinski definition) is 2. The van der Waals surface area contributed by atoms with Crippen molar-refractivity contribution < 1.29 is 19.1 Å². The van der Waals surface area contributed by atoms with Crippen LogP contribution in [-0.4, -0.2) is 22.0 Å². The monoisotopic (exact) mass is 274 g/mol. The van der Waals surface area contributed by atoms with Gasteiger partial charge in [-0.25, -0.2) is 9.78 Å². The van der Waals surface area contributed by atoms with E-state index >= 15 is 0 Å². The number of aromatic nitrogens is 1. The van der Waals surface area contributed by atoms with E-state index in [1.54, 1.807) is 13.0 Å². The molecule has 102 valence electrons. The number of amides is 1. The summed E-state index contributed by atoms with van der Waals surface area (Å²) in [6.45, 7) is 1.72. The second-order valence-electron chi connectivity index (χ2n) is 4.13. The lowest BCUT2D eigenvalue weighted by Gasteiger charge is -2.09. The van der Waals surface area contributed by atoms with Crippen LogP contribution in [0.4, 0.5) is 10.1 Å². The van der Waals surface area contributed by atoms with Crippen molar-refractivity contribution in [1.29, 1.82) is 0 Å². The van der Waals surface area contributed by atoms with E-state index < -0.39 is 17.8 Å². The van der Waals surface area contributed by atoms with E-state index in [-0.39, 0.29) is 11.3 Å². The number of nitrogens with one attached hydrogen (secondary N) is 1. The number of hydrogen-bond acceptors (Lipinski definition) is 3. The maximum Gasteiger partial charge on any atom is 0.335 e. The number of rotatable bonds is 3. The van der Waals surface area contributed by atoms with Gasteiger partial charge in [-0.15, -0.1) is 0 Å². The summed E-state index contributed by atoms with van der Waals surface area (Å²) in [6, 6.07) is 8.24. The molecule has 2 rings (SSSR count). The van der Waals surface area contributed by atoms with Crippen LogP contribution in [0.25, 0.3) is 0 Å². The van der Waals surface area contributed by atoms with Crippen molar-refractivity contribution in [1.82, 2.24) is 4.98 Å². The Kier molecular flexibility index (Phi) is 3.74. The molecule has 2 aromatic rings. The number of benzene rings is 1. The zero-order valence-corrected chi connectivity index (χ0v) is 10.6. The number of pyridine rings is 1. The lowest BCUT2D eigenvalue weighted by molar-refractivity contribution is 0.0696. The number of nitrogens with zero attached hydrogens (tertiary/aromatic N) is 1. The number of carboxylic acid groups (broad SMARTS) is 1. The summed E-state index contributed by atoms with van der Waals surface area (Å²) in [7, 11) is 0. The van der Waals surface area contributed by atoms with Crippen LogP contribution in [-0.2, 0) is 0 Å². The molecule has 1 amide bonds. The maximum absolute atomic E-state index is 12.9. The highest BCUT2D eigenvalue weighted by molar-refractivity contribution is 6.03. The molecular formula is C14H11FN2O3. The lowest BCUT2D eigenvalue weighted by Crippen LogP contribution is -2.15. The largest absolute Gasteiger partial charge is 0.478 e. The third-order valence-electron chi connectivity index (χ3n) is 2.68. The number of aryl methyl sites for hydroxylation is 1. The summed E-state index contributed by atoms with van der Waals surface area (Å²) in [4.78, 5) is 26.3. The van der Waals surface area contributed by atoms with Gasteiger partial charge < -0.3 is 10.4 Å². The van der Waals surface area contributed by atoms with Crippen molar-refractivity contribution >= 4 is 17.6 Å². The smallest absolute Gasteiger partial charge is 0.335 e. The molecule has 1 aromatic heterocycles. The number of anilines is 1. The zero-order chi connectivity index (χ0) is 14.7. The van der Waals surface area contributed by atoms with E-state index in [1.165, 1.54) is 24.3 Å². The van der Waals surface area contributed by atoms with Crippen molar-refractivity contribution in [2.45, 2.75) is 6.92 Å². The van der Waals surface area contributed by atoms with Gasteiger partial charge in [0.05, 0.1) is 5.56 Å². The average Bonchev–Trinajstić information content (AvgIpc) is 2.41. The highest BCUT2D eigenvalue weighted by Gasteiger charge is 2.12. The lowest BCUT2D eigenvalue weighted by atomic mass is 10.1. The molecule has 0 spiro atoms. The first-order valence-electron chi connectivity index (χ1n) is 5.75. The van der Waals surface area contributed by atoms with Gasteiger partial charge >= 0.3 is 5.97 Å². The first-order valence-corrected chi connectivity index (χ1v) is 5.75. The standard InChI is InChI=1S/C14H11FN2O3/c1-8-5-6-9(14(19)20)7-11(8)17-13(18)10-3-2-4-12(15)16-10/h2-7H,1H3,(H,17,18)(H,19,20). The predicted molar refractivity (Wildman–Crippen MR) is 70.3 cm³/mol. The van der Waals surface area contributed by atoms with Gasteiger partial charge in [-0.1, -0.05) is 12.1 Å². The number of carbonyl (C=O) groups is 2. The molecule has 0 saturated carbocycles. The summed E-state index contributed by atoms with van der Waals surface area (Å²) in [5.74, 6) is -2.45. The molecule has 1 aromatic carbocycles. The van der Waals surface area contributed by atoms with Crippen molar-refractivity contribution in [2.24, 2.45) is 0 Å². The maximum atomic E-state index is 12.9. The molecule has 6 heteroatoms. The van der Waals surface area contributed by atoms with Crippen LogP contribution in [0.15, 0.2) is 36.4 Å². The van der Waals surface area contributed by atoms with E-state index in [1.807, 2.05) is 0 Å². The van der Waals surface area contributed by atoms with Crippen molar-refractivity contribution in [3.05, 3.63) is 59.2 Å². The molecule has 20 heavy (non-hydrogen) atoms. The number of aromatic carboxylic acids is 1. The zero-order valence-electron chi connectivity index (χ0n) is 10.6. The van der Waals surface area contributed by atoms with Crippen LogP contribution in [0.3, 0.4) is 0 Å². The van der Waals surface area contributed by atoms with E-state index in [4.69, 9.17) is 5.11 Å². The summed E-state index contributed by atoms with van der Waals surface area (Å²) in [5, 5.41) is 11.4. The fourth-order valence-electron chi connectivity index (χ4n) is 1.61. The third-order valence-corrected chi connectivity index (χ3v) is 2.68. The Balaban J connectivity index is 2.27. The Morgan fingerprint density at radius 2 is 2.00 bits per heavy atom. The van der Waals surface area contributed by atoms with Crippen LogP contribution < -0.4 is 5.32 Å². The number of halogens is 1. The third kappa shape index (κ3) is 2.97. The van der Waals surface area contributed by atoms with E-state index in [2.05, 4.69) is 10.3 Å². The van der Waals surface area contributed by atoms with Crippen LogP contribution in [0.1, 0.15) is 26.4 Å². The molecule has 0 bridgehead atoms. The minimum atomic E-state index is -1.09. The Labute approximate surface area is 114 Å². The Morgan fingerprint density at radius 3 is 2.65 bits per heavy atom. The Morgan fingerprint density at radius 1 is 1.25 bits per heavy atom. The number of carboxylic acids is 1. The van der Waals surface area contributed by atoms with Crippen LogP contribution in [0, 0.1) is 12.9 Å². The molecule has 0 aliphatic rings. The minimum absolute atomic E-state index is 0.0538. The SMILES string of the molecule is Cc1ccc(C(=O)O)cc1NC(=O)c1cccc(F)n1. The van der Waals surface area contributed by atoms with Crippen LogP contribution >= 0.6 is 0 Å². The molecule has 1 heterocycles. The second-order valence-corrected chi connectivity index (χ2v) is 4.13. The molecule has 5 nitrogen and oxygen atoms in total. The summed E-state index contributed by atoms with van der Waals surface area (Å²) < 4.78 is 12.9. The van der Waals surface area contributed by atoms with Crippen molar-refractivity contribution in [3.63, 3.8) is 0 Å². The van der Waals surface area contributed by atoms with Gasteiger partial charge in [-0.2, -0.15) is 4.39 Å². The van der Waals surface area contributed by atoms with Crippen LogP contribution in [0.2, 0.25) is 0 Å². The second kappa shape index (κ2) is 5.48. The summed E-state index contributed by atoms with van der Waals surface area (Å²) in [6.07, 6.45) is 0. The molecule has 0 unspecified atom stereocenters. The summed E-state index contributed by atoms with van der Waals surface area (Å²) in [5.41, 5.74) is 1.02. The van der Waals surface area contributed by atoms with Gasteiger partial charge in [0.25, 0.3) is 5.91 Å². The van der Waals surface area contributed by atoms with Gasteiger partial charge in [-0.05, 0) is 36.8 Å². The fraction of sp³-hybridized carbons (Fsp3) is 0.0714. The fourth-order valence-corrected chi connectivity index (χ4v) is 1.61.